The summed E-state index contributed by atoms with van der Waals surface area (Å²) in [6.07, 6.45) is 7.40. The maximum Gasteiger partial charge on any atom is 0.169 e. The van der Waals surface area contributed by atoms with Gasteiger partial charge in [-0.15, -0.1) is 0 Å². The number of phenolic OH excluding ortho intramolecular Hbond substituents is 2. The van der Waals surface area contributed by atoms with Gasteiger partial charge in [0.2, 0.25) is 0 Å². The molecule has 2 aromatic carbocycles. The molecule has 1 fully saturated rings. The van der Waals surface area contributed by atoms with Crippen LogP contribution in [-0.2, 0) is 0 Å². The number of hydrogen-bond donors (Lipinski definition) is 2. The second-order valence-electron chi connectivity index (χ2n) is 5.70. The largest absolute Gasteiger partial charge is 0.507 e. The number of rotatable bonds is 4. The van der Waals surface area contributed by atoms with E-state index >= 15 is 0 Å². The minimum atomic E-state index is -0.125. The van der Waals surface area contributed by atoms with Crippen molar-refractivity contribution in [3.8, 4) is 28.4 Å². The molecule has 2 N–H and O–H groups in total. The predicted octanol–water partition coefficient (Wildman–Crippen LogP) is 4.31. The molecular weight excluding hydrogens is 288 g/mol. The van der Waals surface area contributed by atoms with Gasteiger partial charge in [0.1, 0.15) is 5.75 Å². The van der Waals surface area contributed by atoms with Crippen molar-refractivity contribution in [2.45, 2.75) is 20.0 Å². The van der Waals surface area contributed by atoms with Crippen molar-refractivity contribution in [2.75, 3.05) is 0 Å². The van der Waals surface area contributed by atoms with Crippen LogP contribution in [0.1, 0.15) is 19.4 Å². The van der Waals surface area contributed by atoms with E-state index in [0.717, 1.165) is 11.5 Å². The van der Waals surface area contributed by atoms with E-state index in [-0.39, 0.29) is 17.6 Å². The standard InChI is InChI=1S/C20H19O3/c1-13(2)23-20-18(15-10-6-7-11-15)17(21)12-16(19(20)22)14-8-4-3-5-9-14/h3-13,21-22H,1-2H3. The van der Waals surface area contributed by atoms with Crippen molar-refractivity contribution in [3.05, 3.63) is 73.6 Å². The summed E-state index contributed by atoms with van der Waals surface area (Å²) in [5.41, 5.74) is 1.89. The first-order valence-corrected chi connectivity index (χ1v) is 7.61. The summed E-state index contributed by atoms with van der Waals surface area (Å²) in [6.45, 7) is 3.78. The number of hydrogen-bond acceptors (Lipinski definition) is 3. The fourth-order valence-corrected chi connectivity index (χ4v) is 2.64. The molecule has 2 aromatic rings. The van der Waals surface area contributed by atoms with Crippen LogP contribution in [0.2, 0.25) is 0 Å². The molecule has 0 heterocycles. The molecule has 0 amide bonds. The fraction of sp³-hybridized carbons (Fsp3) is 0.150. The Morgan fingerprint density at radius 1 is 0.957 bits per heavy atom. The highest BCUT2D eigenvalue weighted by Crippen LogP contribution is 2.50. The first kappa shape index (κ1) is 15.7. The van der Waals surface area contributed by atoms with Gasteiger partial charge in [0.05, 0.1) is 6.10 Å². The number of benzene rings is 2. The van der Waals surface area contributed by atoms with Crippen LogP contribution in [0.15, 0.2) is 36.4 Å². The van der Waals surface area contributed by atoms with Crippen molar-refractivity contribution >= 4 is 0 Å². The van der Waals surface area contributed by atoms with E-state index < -0.39 is 0 Å². The third-order valence-corrected chi connectivity index (χ3v) is 3.62. The Morgan fingerprint density at radius 3 is 2.22 bits per heavy atom. The van der Waals surface area contributed by atoms with Crippen molar-refractivity contribution in [2.24, 2.45) is 0 Å². The molecular formula is C20H19O3. The summed E-state index contributed by atoms with van der Waals surface area (Å²) in [5.74, 6) is 1.25. The summed E-state index contributed by atoms with van der Waals surface area (Å²) < 4.78 is 5.83. The van der Waals surface area contributed by atoms with Gasteiger partial charge in [0.15, 0.2) is 11.5 Å². The minimum Gasteiger partial charge on any atom is -0.507 e. The highest BCUT2D eigenvalue weighted by atomic mass is 16.5. The fourth-order valence-electron chi connectivity index (χ4n) is 2.64. The maximum absolute atomic E-state index is 10.8. The van der Waals surface area contributed by atoms with Gasteiger partial charge in [0.25, 0.3) is 0 Å². The Balaban J connectivity index is 2.16. The molecule has 1 saturated carbocycles. The summed E-state index contributed by atoms with van der Waals surface area (Å²) in [4.78, 5) is 0. The molecule has 0 spiro atoms. The lowest BCUT2D eigenvalue weighted by Crippen LogP contribution is -2.10. The molecule has 1 aliphatic rings. The van der Waals surface area contributed by atoms with Gasteiger partial charge in [-0.3, -0.25) is 0 Å². The van der Waals surface area contributed by atoms with Gasteiger partial charge in [-0.2, -0.15) is 0 Å². The summed E-state index contributed by atoms with van der Waals surface area (Å²) in [6, 6.07) is 11.0. The van der Waals surface area contributed by atoms with Gasteiger partial charge in [-0.05, 0) is 51.2 Å². The van der Waals surface area contributed by atoms with Crippen LogP contribution in [0.5, 0.6) is 17.2 Å². The van der Waals surface area contributed by atoms with E-state index in [1.807, 2.05) is 69.9 Å². The topological polar surface area (TPSA) is 49.7 Å². The van der Waals surface area contributed by atoms with E-state index in [4.69, 9.17) is 4.74 Å². The smallest absolute Gasteiger partial charge is 0.169 e. The molecule has 0 saturated heterocycles. The van der Waals surface area contributed by atoms with Crippen LogP contribution >= 0.6 is 0 Å². The molecule has 117 valence electrons. The van der Waals surface area contributed by atoms with Crippen molar-refractivity contribution in [1.82, 2.24) is 0 Å². The Labute approximate surface area is 137 Å². The highest BCUT2D eigenvalue weighted by Gasteiger charge is 2.29. The quantitative estimate of drug-likeness (QED) is 0.828. The van der Waals surface area contributed by atoms with E-state index in [9.17, 15) is 10.2 Å². The summed E-state index contributed by atoms with van der Waals surface area (Å²) in [7, 11) is 0. The first-order valence-electron chi connectivity index (χ1n) is 7.61. The third-order valence-electron chi connectivity index (χ3n) is 3.62. The second kappa shape index (κ2) is 6.53. The monoisotopic (exact) mass is 307 g/mol. The number of aromatic hydroxyl groups is 2. The maximum atomic E-state index is 10.8. The zero-order valence-corrected chi connectivity index (χ0v) is 13.2. The Kier molecular flexibility index (Phi) is 4.46. The van der Waals surface area contributed by atoms with Gasteiger partial charge < -0.3 is 14.9 Å². The van der Waals surface area contributed by atoms with Crippen LogP contribution in [-0.4, -0.2) is 16.3 Å². The molecule has 0 atom stereocenters. The average Bonchev–Trinajstić information content (AvgIpc) is 3.05. The van der Waals surface area contributed by atoms with Crippen molar-refractivity contribution in [3.63, 3.8) is 0 Å². The molecule has 5 radical (unpaired) electrons. The minimum absolute atomic E-state index is 0.0406. The van der Waals surface area contributed by atoms with E-state index in [2.05, 4.69) is 0 Å². The van der Waals surface area contributed by atoms with E-state index in [0.29, 0.717) is 16.9 Å². The highest BCUT2D eigenvalue weighted by molar-refractivity contribution is 5.79. The zero-order chi connectivity index (χ0) is 16.4. The molecule has 3 nitrogen and oxygen atoms in total. The Morgan fingerprint density at radius 2 is 1.61 bits per heavy atom. The molecule has 23 heavy (non-hydrogen) atoms. The lowest BCUT2D eigenvalue weighted by atomic mass is 9.92. The third kappa shape index (κ3) is 3.14. The van der Waals surface area contributed by atoms with E-state index in [1.165, 1.54) is 0 Å². The molecule has 3 rings (SSSR count). The van der Waals surface area contributed by atoms with Crippen LogP contribution in [0.25, 0.3) is 11.1 Å². The van der Waals surface area contributed by atoms with Crippen LogP contribution < -0.4 is 4.74 Å². The van der Waals surface area contributed by atoms with Crippen LogP contribution in [0.3, 0.4) is 0 Å². The molecule has 3 heteroatoms. The van der Waals surface area contributed by atoms with Gasteiger partial charge in [0, 0.05) is 17.0 Å². The lowest BCUT2D eigenvalue weighted by Gasteiger charge is -2.22. The SMILES string of the molecule is CC(C)Oc1c(O)c(-c2ccccc2)cc(O)c1[C]1[CH][CH][CH][CH]1. The zero-order valence-electron chi connectivity index (χ0n) is 13.2. The van der Waals surface area contributed by atoms with Gasteiger partial charge in [-0.25, -0.2) is 0 Å². The average molecular weight is 307 g/mol. The van der Waals surface area contributed by atoms with Gasteiger partial charge in [-0.1, -0.05) is 30.3 Å². The molecule has 0 aliphatic heterocycles. The normalized spacial score (nSPS) is 15.3. The molecule has 0 bridgehead atoms. The Bertz CT molecular complexity index is 671. The van der Waals surface area contributed by atoms with Crippen LogP contribution in [0.4, 0.5) is 0 Å². The Hall–Kier alpha value is -2.16. The number of ether oxygens (including phenoxy) is 1. The molecule has 1 aliphatic carbocycles. The van der Waals surface area contributed by atoms with Crippen molar-refractivity contribution < 1.29 is 14.9 Å². The molecule has 0 aromatic heterocycles. The molecule has 0 unspecified atom stereocenters. The number of phenols is 2. The van der Waals surface area contributed by atoms with E-state index in [1.54, 1.807) is 6.07 Å². The summed E-state index contributed by atoms with van der Waals surface area (Å²) >= 11 is 0. The van der Waals surface area contributed by atoms with Gasteiger partial charge >= 0.3 is 0 Å². The van der Waals surface area contributed by atoms with Crippen molar-refractivity contribution in [1.29, 1.82) is 0 Å². The lowest BCUT2D eigenvalue weighted by molar-refractivity contribution is 0.229. The first-order chi connectivity index (χ1) is 11.1. The summed E-state index contributed by atoms with van der Waals surface area (Å²) in [5, 5.41) is 21.3. The predicted molar refractivity (Wildman–Crippen MR) is 90.5 cm³/mol. The second-order valence-corrected chi connectivity index (χ2v) is 5.70. The van der Waals surface area contributed by atoms with Crippen LogP contribution in [0, 0.1) is 31.6 Å².